The molecule has 1 aromatic rings. The van der Waals surface area contributed by atoms with Crippen molar-refractivity contribution in [1.29, 1.82) is 0 Å². The molecule has 1 aromatic heterocycles. The molecular formula is C15H27N3O. The Bertz CT molecular complexity index is 413. The fraction of sp³-hybridized carbons (Fsp3) is 0.867. The highest BCUT2D eigenvalue weighted by Gasteiger charge is 2.49. The summed E-state index contributed by atoms with van der Waals surface area (Å²) >= 11 is 0. The molecule has 0 aliphatic heterocycles. The van der Waals surface area contributed by atoms with E-state index in [-0.39, 0.29) is 5.92 Å². The van der Waals surface area contributed by atoms with Gasteiger partial charge in [0.05, 0.1) is 5.92 Å². The lowest BCUT2D eigenvalue weighted by Gasteiger charge is -2.20. The van der Waals surface area contributed by atoms with E-state index >= 15 is 0 Å². The molecule has 3 atom stereocenters. The predicted octanol–water partition coefficient (Wildman–Crippen LogP) is 3.46. The Kier molecular flexibility index (Phi) is 4.29. The normalized spacial score (nSPS) is 24.2. The van der Waals surface area contributed by atoms with Crippen LogP contribution in [0.4, 0.5) is 0 Å². The van der Waals surface area contributed by atoms with Crippen molar-refractivity contribution in [1.82, 2.24) is 15.5 Å². The van der Waals surface area contributed by atoms with Gasteiger partial charge in [-0.3, -0.25) is 0 Å². The molecule has 0 saturated heterocycles. The van der Waals surface area contributed by atoms with E-state index in [4.69, 9.17) is 4.52 Å². The van der Waals surface area contributed by atoms with E-state index in [1.165, 1.54) is 6.42 Å². The van der Waals surface area contributed by atoms with Gasteiger partial charge < -0.3 is 9.84 Å². The highest BCUT2D eigenvalue weighted by Crippen LogP contribution is 2.57. The molecule has 1 heterocycles. The van der Waals surface area contributed by atoms with E-state index in [0.29, 0.717) is 17.4 Å². The van der Waals surface area contributed by atoms with Crippen LogP contribution in [-0.4, -0.2) is 22.7 Å². The molecule has 1 fully saturated rings. The first kappa shape index (κ1) is 14.5. The van der Waals surface area contributed by atoms with Crippen molar-refractivity contribution >= 4 is 0 Å². The van der Waals surface area contributed by atoms with Gasteiger partial charge in [-0.1, -0.05) is 39.8 Å². The topological polar surface area (TPSA) is 51.0 Å². The van der Waals surface area contributed by atoms with Gasteiger partial charge in [0.25, 0.3) is 0 Å². The van der Waals surface area contributed by atoms with E-state index in [9.17, 15) is 0 Å². The van der Waals surface area contributed by atoms with Gasteiger partial charge in [0, 0.05) is 12.0 Å². The number of hydrogen-bond acceptors (Lipinski definition) is 4. The molecule has 4 heteroatoms. The Morgan fingerprint density at radius 3 is 2.63 bits per heavy atom. The average molecular weight is 265 g/mol. The first-order chi connectivity index (χ1) is 8.99. The summed E-state index contributed by atoms with van der Waals surface area (Å²) in [6.45, 7) is 12.1. The van der Waals surface area contributed by atoms with Gasteiger partial charge in [0.1, 0.15) is 0 Å². The van der Waals surface area contributed by atoms with Gasteiger partial charge in [-0.05, 0) is 31.2 Å². The lowest BCUT2D eigenvalue weighted by Crippen LogP contribution is -2.33. The number of rotatable bonds is 7. The van der Waals surface area contributed by atoms with Crippen molar-refractivity contribution in [2.75, 3.05) is 6.54 Å². The van der Waals surface area contributed by atoms with Crippen molar-refractivity contribution in [3.05, 3.63) is 11.7 Å². The molecule has 108 valence electrons. The number of nitrogens with one attached hydrogen (secondary N) is 1. The second-order valence-electron chi connectivity index (χ2n) is 6.49. The Morgan fingerprint density at radius 1 is 1.42 bits per heavy atom. The first-order valence-corrected chi connectivity index (χ1v) is 7.56. The summed E-state index contributed by atoms with van der Waals surface area (Å²) < 4.78 is 5.48. The van der Waals surface area contributed by atoms with Crippen molar-refractivity contribution in [3.8, 4) is 0 Å². The van der Waals surface area contributed by atoms with E-state index in [1.807, 2.05) is 0 Å². The largest absolute Gasteiger partial charge is 0.339 e. The van der Waals surface area contributed by atoms with Crippen LogP contribution in [0.1, 0.15) is 77.4 Å². The lowest BCUT2D eigenvalue weighted by molar-refractivity contribution is 0.317. The van der Waals surface area contributed by atoms with Crippen LogP contribution in [0.2, 0.25) is 0 Å². The molecule has 19 heavy (non-hydrogen) atoms. The van der Waals surface area contributed by atoms with Crippen LogP contribution in [0, 0.1) is 5.41 Å². The second-order valence-corrected chi connectivity index (χ2v) is 6.49. The minimum Gasteiger partial charge on any atom is -0.339 e. The van der Waals surface area contributed by atoms with Crippen LogP contribution in [0.15, 0.2) is 4.52 Å². The van der Waals surface area contributed by atoms with Crippen LogP contribution in [0.5, 0.6) is 0 Å². The Hall–Kier alpha value is -0.900. The summed E-state index contributed by atoms with van der Waals surface area (Å²) in [6, 6.07) is 0.417. The van der Waals surface area contributed by atoms with E-state index in [2.05, 4.69) is 50.1 Å². The Morgan fingerprint density at radius 2 is 2.11 bits per heavy atom. The van der Waals surface area contributed by atoms with Crippen molar-refractivity contribution < 1.29 is 4.52 Å². The fourth-order valence-electron chi connectivity index (χ4n) is 2.66. The van der Waals surface area contributed by atoms with E-state index in [0.717, 1.165) is 31.1 Å². The van der Waals surface area contributed by atoms with Gasteiger partial charge >= 0.3 is 0 Å². The van der Waals surface area contributed by atoms with Crippen molar-refractivity contribution in [2.24, 2.45) is 5.41 Å². The van der Waals surface area contributed by atoms with Gasteiger partial charge in [0.15, 0.2) is 5.82 Å². The van der Waals surface area contributed by atoms with E-state index < -0.39 is 0 Å². The predicted molar refractivity (Wildman–Crippen MR) is 76.2 cm³/mol. The summed E-state index contributed by atoms with van der Waals surface area (Å²) in [5, 5.41) is 7.74. The maximum absolute atomic E-state index is 5.48. The molecule has 1 aliphatic carbocycles. The summed E-state index contributed by atoms with van der Waals surface area (Å²) in [4.78, 5) is 4.63. The van der Waals surface area contributed by atoms with Crippen LogP contribution < -0.4 is 5.32 Å². The van der Waals surface area contributed by atoms with Crippen LogP contribution in [0.25, 0.3) is 0 Å². The smallest absolute Gasteiger partial charge is 0.231 e. The zero-order chi connectivity index (χ0) is 14.0. The molecule has 0 radical (unpaired) electrons. The second kappa shape index (κ2) is 5.61. The SMILES string of the molecule is CCCNC(CC)C(C)c1nc(C2CC2(C)C)no1. The number of aromatic nitrogens is 2. The standard InChI is InChI=1S/C15H27N3O/c1-6-8-16-12(7-2)10(3)14-17-13(18-19-14)11-9-15(11,4)5/h10-12,16H,6-9H2,1-5H3. The quantitative estimate of drug-likeness (QED) is 0.820. The highest BCUT2D eigenvalue weighted by atomic mass is 16.5. The molecule has 4 nitrogen and oxygen atoms in total. The van der Waals surface area contributed by atoms with Gasteiger partial charge in [0.2, 0.25) is 5.89 Å². The molecule has 0 amide bonds. The number of nitrogens with zero attached hydrogens (tertiary/aromatic N) is 2. The molecule has 1 saturated carbocycles. The molecule has 1 aliphatic rings. The summed E-state index contributed by atoms with van der Waals surface area (Å²) in [6.07, 6.45) is 3.40. The van der Waals surface area contributed by atoms with Crippen molar-refractivity contribution in [2.45, 2.75) is 71.8 Å². The van der Waals surface area contributed by atoms with Crippen LogP contribution in [0.3, 0.4) is 0 Å². The van der Waals surface area contributed by atoms with E-state index in [1.54, 1.807) is 0 Å². The van der Waals surface area contributed by atoms with Gasteiger partial charge in [-0.25, -0.2) is 0 Å². The molecule has 3 unspecified atom stereocenters. The zero-order valence-electron chi connectivity index (χ0n) is 12.9. The maximum Gasteiger partial charge on any atom is 0.231 e. The molecule has 0 aromatic carbocycles. The zero-order valence-corrected chi connectivity index (χ0v) is 12.9. The van der Waals surface area contributed by atoms with Crippen molar-refractivity contribution in [3.63, 3.8) is 0 Å². The monoisotopic (exact) mass is 265 g/mol. The van der Waals surface area contributed by atoms with Gasteiger partial charge in [-0.15, -0.1) is 0 Å². The lowest BCUT2D eigenvalue weighted by atomic mass is 9.99. The molecule has 0 spiro atoms. The maximum atomic E-state index is 5.48. The minimum absolute atomic E-state index is 0.277. The minimum atomic E-state index is 0.277. The Labute approximate surface area is 116 Å². The summed E-state index contributed by atoms with van der Waals surface area (Å²) in [5.74, 6) is 2.45. The first-order valence-electron chi connectivity index (χ1n) is 7.56. The molecular weight excluding hydrogens is 238 g/mol. The van der Waals surface area contributed by atoms with Crippen LogP contribution >= 0.6 is 0 Å². The third kappa shape index (κ3) is 3.16. The van der Waals surface area contributed by atoms with Crippen LogP contribution in [-0.2, 0) is 0 Å². The summed E-state index contributed by atoms with van der Waals surface area (Å²) in [7, 11) is 0. The number of hydrogen-bond donors (Lipinski definition) is 1. The Balaban J connectivity index is 2.01. The average Bonchev–Trinajstić information content (AvgIpc) is 2.80. The summed E-state index contributed by atoms with van der Waals surface area (Å²) in [5.41, 5.74) is 0.356. The third-order valence-electron chi connectivity index (χ3n) is 4.37. The molecule has 2 rings (SSSR count). The third-order valence-corrected chi connectivity index (χ3v) is 4.37. The molecule has 0 bridgehead atoms. The molecule has 1 N–H and O–H groups in total. The fourth-order valence-corrected chi connectivity index (χ4v) is 2.66. The van der Waals surface area contributed by atoms with Gasteiger partial charge in [-0.2, -0.15) is 4.98 Å². The highest BCUT2D eigenvalue weighted by molar-refractivity contribution is 5.15.